The molecule has 1 saturated heterocycles. The number of nitrogens with zero attached hydrogens (tertiary/aromatic N) is 2. The van der Waals surface area contributed by atoms with Gasteiger partial charge in [0.2, 0.25) is 0 Å². The number of hydrazine groups is 1. The van der Waals surface area contributed by atoms with Gasteiger partial charge in [0.25, 0.3) is 17.7 Å². The van der Waals surface area contributed by atoms with Gasteiger partial charge in [-0.2, -0.15) is 11.8 Å². The van der Waals surface area contributed by atoms with E-state index in [4.69, 9.17) is 4.42 Å². The van der Waals surface area contributed by atoms with Crippen LogP contribution in [0.4, 0.5) is 0 Å². The van der Waals surface area contributed by atoms with E-state index in [0.29, 0.717) is 18.8 Å². The highest BCUT2D eigenvalue weighted by molar-refractivity contribution is 7.99. The van der Waals surface area contributed by atoms with Crippen molar-refractivity contribution >= 4 is 29.5 Å². The minimum absolute atomic E-state index is 0.0919. The molecule has 1 N–H and O–H groups in total. The van der Waals surface area contributed by atoms with Crippen LogP contribution >= 0.6 is 11.8 Å². The first-order chi connectivity index (χ1) is 10.1. The SMILES string of the molecule is CSCC(=O)N1CCCN1C(=O)CNC(=O)c1ccco1. The van der Waals surface area contributed by atoms with Crippen molar-refractivity contribution in [3.05, 3.63) is 24.2 Å². The third-order valence-corrected chi connectivity index (χ3v) is 3.56. The highest BCUT2D eigenvalue weighted by Crippen LogP contribution is 2.12. The van der Waals surface area contributed by atoms with Crippen molar-refractivity contribution in [2.75, 3.05) is 31.6 Å². The number of hydrogen-bond donors (Lipinski definition) is 1. The molecule has 1 aliphatic heterocycles. The van der Waals surface area contributed by atoms with Gasteiger partial charge in [0.1, 0.15) is 0 Å². The zero-order chi connectivity index (χ0) is 15.2. The minimum Gasteiger partial charge on any atom is -0.459 e. The van der Waals surface area contributed by atoms with Crippen LogP contribution in [0, 0.1) is 0 Å². The molecule has 3 amide bonds. The molecule has 0 saturated carbocycles. The quantitative estimate of drug-likeness (QED) is 0.848. The van der Waals surface area contributed by atoms with Crippen molar-refractivity contribution in [2.24, 2.45) is 0 Å². The van der Waals surface area contributed by atoms with Crippen molar-refractivity contribution in [1.29, 1.82) is 0 Å². The normalized spacial score (nSPS) is 14.3. The summed E-state index contributed by atoms with van der Waals surface area (Å²) in [6, 6.07) is 3.12. The van der Waals surface area contributed by atoms with Gasteiger partial charge in [-0.3, -0.25) is 19.4 Å². The van der Waals surface area contributed by atoms with E-state index >= 15 is 0 Å². The van der Waals surface area contributed by atoms with Crippen molar-refractivity contribution in [2.45, 2.75) is 6.42 Å². The second-order valence-corrected chi connectivity index (χ2v) is 5.35. The lowest BCUT2D eigenvalue weighted by Crippen LogP contribution is -2.49. The minimum atomic E-state index is -0.450. The van der Waals surface area contributed by atoms with Crippen LogP contribution in [0.3, 0.4) is 0 Å². The van der Waals surface area contributed by atoms with E-state index in [-0.39, 0.29) is 24.1 Å². The number of carbonyl (C=O) groups is 3. The van der Waals surface area contributed by atoms with Crippen LogP contribution in [0.1, 0.15) is 17.0 Å². The summed E-state index contributed by atoms with van der Waals surface area (Å²) in [7, 11) is 0. The summed E-state index contributed by atoms with van der Waals surface area (Å²) < 4.78 is 4.94. The van der Waals surface area contributed by atoms with Crippen molar-refractivity contribution in [3.63, 3.8) is 0 Å². The van der Waals surface area contributed by atoms with Gasteiger partial charge in [0.15, 0.2) is 5.76 Å². The van der Waals surface area contributed by atoms with Gasteiger partial charge in [-0.05, 0) is 24.8 Å². The summed E-state index contributed by atoms with van der Waals surface area (Å²) in [6.07, 6.45) is 3.97. The van der Waals surface area contributed by atoms with Crippen LogP contribution in [0.5, 0.6) is 0 Å². The Morgan fingerprint density at radius 3 is 2.62 bits per heavy atom. The average molecular weight is 311 g/mol. The van der Waals surface area contributed by atoms with Crippen LogP contribution in [0.2, 0.25) is 0 Å². The van der Waals surface area contributed by atoms with Crippen LogP contribution in [-0.4, -0.2) is 59.4 Å². The maximum atomic E-state index is 12.1. The molecule has 0 bridgehead atoms. The molecule has 0 atom stereocenters. The lowest BCUT2D eigenvalue weighted by Gasteiger charge is -2.27. The number of carbonyl (C=O) groups excluding carboxylic acids is 3. The van der Waals surface area contributed by atoms with E-state index in [9.17, 15) is 14.4 Å². The Kier molecular flexibility index (Phi) is 5.26. The van der Waals surface area contributed by atoms with Crippen LogP contribution < -0.4 is 5.32 Å². The molecule has 0 spiro atoms. The van der Waals surface area contributed by atoms with Crippen molar-refractivity contribution in [1.82, 2.24) is 15.3 Å². The standard InChI is InChI=1S/C13H17N3O4S/c1-21-9-12(18)16-6-3-5-15(16)11(17)8-14-13(19)10-4-2-7-20-10/h2,4,7H,3,5-6,8-9H2,1H3,(H,14,19). The topological polar surface area (TPSA) is 82.9 Å². The van der Waals surface area contributed by atoms with Crippen LogP contribution in [0.15, 0.2) is 22.8 Å². The zero-order valence-corrected chi connectivity index (χ0v) is 12.5. The fourth-order valence-electron chi connectivity index (χ4n) is 2.07. The Morgan fingerprint density at radius 1 is 1.29 bits per heavy atom. The molecule has 0 radical (unpaired) electrons. The van der Waals surface area contributed by atoms with E-state index in [0.717, 1.165) is 6.42 Å². The van der Waals surface area contributed by atoms with Gasteiger partial charge in [-0.1, -0.05) is 0 Å². The van der Waals surface area contributed by atoms with E-state index < -0.39 is 5.91 Å². The molecule has 114 valence electrons. The summed E-state index contributed by atoms with van der Waals surface area (Å²) in [5, 5.41) is 5.35. The molecule has 0 aromatic carbocycles. The summed E-state index contributed by atoms with van der Waals surface area (Å²) in [5.41, 5.74) is 0. The van der Waals surface area contributed by atoms with Gasteiger partial charge in [-0.15, -0.1) is 0 Å². The maximum absolute atomic E-state index is 12.1. The number of furan rings is 1. The molecule has 1 aromatic rings. The predicted molar refractivity (Wildman–Crippen MR) is 77.5 cm³/mol. The molecule has 1 aromatic heterocycles. The molecule has 8 heteroatoms. The van der Waals surface area contributed by atoms with E-state index in [1.165, 1.54) is 34.1 Å². The Hall–Kier alpha value is -1.96. The van der Waals surface area contributed by atoms with Crippen LogP contribution in [-0.2, 0) is 9.59 Å². The lowest BCUT2D eigenvalue weighted by molar-refractivity contribution is -0.155. The lowest BCUT2D eigenvalue weighted by atomic mass is 10.4. The Bertz CT molecular complexity index is 517. The fourth-order valence-corrected chi connectivity index (χ4v) is 2.47. The van der Waals surface area contributed by atoms with Gasteiger partial charge < -0.3 is 9.73 Å². The first-order valence-electron chi connectivity index (χ1n) is 6.54. The van der Waals surface area contributed by atoms with Crippen molar-refractivity contribution < 1.29 is 18.8 Å². The molecule has 21 heavy (non-hydrogen) atoms. The predicted octanol–water partition coefficient (Wildman–Crippen LogP) is 0.348. The third-order valence-electron chi connectivity index (χ3n) is 3.02. The second-order valence-electron chi connectivity index (χ2n) is 4.48. The van der Waals surface area contributed by atoms with Gasteiger partial charge in [-0.25, -0.2) is 5.01 Å². The summed E-state index contributed by atoms with van der Waals surface area (Å²) in [6.45, 7) is 0.870. The van der Waals surface area contributed by atoms with E-state index in [2.05, 4.69) is 5.32 Å². The highest BCUT2D eigenvalue weighted by atomic mass is 32.2. The average Bonchev–Trinajstić information content (AvgIpc) is 3.14. The number of amides is 3. The Balaban J connectivity index is 1.87. The van der Waals surface area contributed by atoms with E-state index in [1.807, 2.05) is 6.26 Å². The second kappa shape index (κ2) is 7.16. The fraction of sp³-hybridized carbons (Fsp3) is 0.462. The van der Waals surface area contributed by atoms with Gasteiger partial charge >= 0.3 is 0 Å². The summed E-state index contributed by atoms with van der Waals surface area (Å²) in [4.78, 5) is 35.7. The Morgan fingerprint density at radius 2 is 2.00 bits per heavy atom. The van der Waals surface area contributed by atoms with E-state index in [1.54, 1.807) is 6.07 Å². The molecular formula is C13H17N3O4S. The molecule has 2 heterocycles. The van der Waals surface area contributed by atoms with Crippen LogP contribution in [0.25, 0.3) is 0 Å². The molecule has 2 rings (SSSR count). The smallest absolute Gasteiger partial charge is 0.287 e. The van der Waals surface area contributed by atoms with Crippen molar-refractivity contribution in [3.8, 4) is 0 Å². The summed E-state index contributed by atoms with van der Waals surface area (Å²) in [5.74, 6) is -0.357. The Labute approximate surface area is 126 Å². The first kappa shape index (κ1) is 15.4. The number of rotatable bonds is 5. The highest BCUT2D eigenvalue weighted by Gasteiger charge is 2.30. The third kappa shape index (κ3) is 3.78. The first-order valence-corrected chi connectivity index (χ1v) is 7.94. The molecule has 7 nitrogen and oxygen atoms in total. The monoisotopic (exact) mass is 311 g/mol. The maximum Gasteiger partial charge on any atom is 0.287 e. The summed E-state index contributed by atoms with van der Waals surface area (Å²) >= 11 is 1.42. The molecule has 1 fully saturated rings. The van der Waals surface area contributed by atoms with Gasteiger partial charge in [0, 0.05) is 13.1 Å². The number of thioether (sulfide) groups is 1. The number of hydrogen-bond acceptors (Lipinski definition) is 5. The number of nitrogens with one attached hydrogen (secondary N) is 1. The molecule has 1 aliphatic rings. The largest absolute Gasteiger partial charge is 0.459 e. The molecule has 0 aliphatic carbocycles. The molecular weight excluding hydrogens is 294 g/mol. The molecule has 0 unspecified atom stereocenters. The zero-order valence-electron chi connectivity index (χ0n) is 11.7. The van der Waals surface area contributed by atoms with Gasteiger partial charge in [0.05, 0.1) is 18.6 Å².